The summed E-state index contributed by atoms with van der Waals surface area (Å²) in [6, 6.07) is 2.99. The van der Waals surface area contributed by atoms with E-state index >= 15 is 0 Å². The van der Waals surface area contributed by atoms with E-state index in [1.807, 2.05) is 0 Å². The molecule has 1 rings (SSSR count). The number of ether oxygens (including phenoxy) is 1. The van der Waals surface area contributed by atoms with Gasteiger partial charge in [-0.25, -0.2) is 0 Å². The van der Waals surface area contributed by atoms with Gasteiger partial charge in [-0.1, -0.05) is 6.07 Å². The molecule has 0 saturated carbocycles. The third kappa shape index (κ3) is 3.40. The van der Waals surface area contributed by atoms with Crippen LogP contribution in [-0.4, -0.2) is 44.3 Å². The molecule has 18 heavy (non-hydrogen) atoms. The van der Waals surface area contributed by atoms with Gasteiger partial charge < -0.3 is 9.84 Å². The zero-order chi connectivity index (χ0) is 14.0. The van der Waals surface area contributed by atoms with E-state index in [1.165, 1.54) is 0 Å². The quantitative estimate of drug-likeness (QED) is 0.621. The van der Waals surface area contributed by atoms with Gasteiger partial charge in [0.15, 0.2) is 4.90 Å². The van der Waals surface area contributed by atoms with Crippen LogP contribution in [0.15, 0.2) is 28.0 Å². The van der Waals surface area contributed by atoms with E-state index in [2.05, 4.69) is 0 Å². The Balaban J connectivity index is 3.56. The average molecular weight is 298 g/mol. The zero-order valence-electron chi connectivity index (χ0n) is 8.85. The molecule has 0 unspecified atom stereocenters. The van der Waals surface area contributed by atoms with Gasteiger partial charge in [0.2, 0.25) is 0 Å². The molecule has 10 heteroatoms. The van der Waals surface area contributed by atoms with Crippen molar-refractivity contribution in [1.29, 1.82) is 0 Å². The van der Waals surface area contributed by atoms with Gasteiger partial charge in [0.05, 0.1) is 6.61 Å². The Morgan fingerprint density at radius 3 is 2.11 bits per heavy atom. The van der Waals surface area contributed by atoms with Gasteiger partial charge in [0, 0.05) is 0 Å². The second-order valence-electron chi connectivity index (χ2n) is 3.11. The molecule has 0 heterocycles. The van der Waals surface area contributed by atoms with Crippen molar-refractivity contribution in [3.8, 4) is 5.75 Å². The van der Waals surface area contributed by atoms with Gasteiger partial charge in [0.1, 0.15) is 17.3 Å². The minimum Gasteiger partial charge on any atom is -0.490 e. The van der Waals surface area contributed by atoms with Crippen LogP contribution in [0, 0.1) is 0 Å². The molecule has 0 aliphatic rings. The van der Waals surface area contributed by atoms with Crippen molar-refractivity contribution < 1.29 is 35.8 Å². The van der Waals surface area contributed by atoms with Gasteiger partial charge >= 0.3 is 0 Å². The predicted molar refractivity (Wildman–Crippen MR) is 58.7 cm³/mol. The number of hydrogen-bond donors (Lipinski definition) is 3. The molecule has 0 saturated heterocycles. The van der Waals surface area contributed by atoms with Crippen molar-refractivity contribution in [1.82, 2.24) is 0 Å². The summed E-state index contributed by atoms with van der Waals surface area (Å²) in [5, 5.41) is 8.55. The van der Waals surface area contributed by atoms with E-state index in [0.29, 0.717) is 0 Å². The first-order chi connectivity index (χ1) is 8.18. The number of aliphatic hydroxyl groups is 1. The van der Waals surface area contributed by atoms with E-state index < -0.39 is 42.4 Å². The molecule has 0 atom stereocenters. The minimum absolute atomic E-state index is 0.308. The fourth-order valence-corrected chi connectivity index (χ4v) is 3.14. The fourth-order valence-electron chi connectivity index (χ4n) is 1.22. The Morgan fingerprint density at radius 1 is 1.06 bits per heavy atom. The summed E-state index contributed by atoms with van der Waals surface area (Å²) < 4.78 is 66.9. The summed E-state index contributed by atoms with van der Waals surface area (Å²) in [5.41, 5.74) is 0. The summed E-state index contributed by atoms with van der Waals surface area (Å²) in [4.78, 5) is -2.07. The van der Waals surface area contributed by atoms with Gasteiger partial charge in [-0.05, 0) is 12.1 Å². The second-order valence-corrected chi connectivity index (χ2v) is 5.85. The zero-order valence-corrected chi connectivity index (χ0v) is 10.5. The van der Waals surface area contributed by atoms with Crippen LogP contribution in [0.5, 0.6) is 5.75 Å². The lowest BCUT2D eigenvalue weighted by atomic mass is 10.3. The maximum absolute atomic E-state index is 11.1. The number of aliphatic hydroxyl groups excluding tert-OH is 1. The molecule has 3 N–H and O–H groups in total. The Hall–Kier alpha value is -1.20. The van der Waals surface area contributed by atoms with Gasteiger partial charge in [-0.15, -0.1) is 0 Å². The lowest BCUT2D eigenvalue weighted by molar-refractivity contribution is 0.197. The van der Waals surface area contributed by atoms with Crippen LogP contribution in [0.4, 0.5) is 0 Å². The smallest absolute Gasteiger partial charge is 0.299 e. The fraction of sp³-hybridized carbons (Fsp3) is 0.250. The molecule has 0 bridgehead atoms. The van der Waals surface area contributed by atoms with Gasteiger partial charge in [0.25, 0.3) is 20.2 Å². The average Bonchev–Trinajstić information content (AvgIpc) is 2.23. The van der Waals surface area contributed by atoms with Crippen LogP contribution in [0.1, 0.15) is 0 Å². The maximum Gasteiger partial charge on any atom is 0.299 e. The Morgan fingerprint density at radius 2 is 1.67 bits per heavy atom. The molecule has 0 aromatic heterocycles. The van der Waals surface area contributed by atoms with E-state index in [9.17, 15) is 16.8 Å². The molecule has 0 amide bonds. The normalized spacial score (nSPS) is 12.4. The van der Waals surface area contributed by atoms with Crippen LogP contribution < -0.4 is 4.74 Å². The number of hydrogen-bond acceptors (Lipinski definition) is 6. The molecular weight excluding hydrogens is 288 g/mol. The monoisotopic (exact) mass is 298 g/mol. The first-order valence-corrected chi connectivity index (χ1v) is 7.37. The summed E-state index contributed by atoms with van der Waals surface area (Å²) in [7, 11) is -9.77. The topological polar surface area (TPSA) is 138 Å². The van der Waals surface area contributed by atoms with Gasteiger partial charge in [-0.3, -0.25) is 9.11 Å². The third-order valence-corrected chi connectivity index (χ3v) is 3.79. The second kappa shape index (κ2) is 5.20. The van der Waals surface area contributed by atoms with E-state index in [0.717, 1.165) is 18.2 Å². The van der Waals surface area contributed by atoms with Crippen LogP contribution in [0.25, 0.3) is 0 Å². The Bertz CT molecular complexity index is 631. The van der Waals surface area contributed by atoms with Crippen molar-refractivity contribution in [2.24, 2.45) is 0 Å². The standard InChI is InChI=1S/C8H10O8S2/c9-4-5-16-6-2-1-3-7(17(10,11)12)8(6)18(13,14)15/h1-3,9H,4-5H2,(H,10,11,12)(H,13,14,15). The maximum atomic E-state index is 11.1. The largest absolute Gasteiger partial charge is 0.490 e. The van der Waals surface area contributed by atoms with Crippen LogP contribution in [-0.2, 0) is 20.2 Å². The van der Waals surface area contributed by atoms with Crippen molar-refractivity contribution in [2.75, 3.05) is 13.2 Å². The summed E-state index contributed by atoms with van der Waals surface area (Å²) in [6.07, 6.45) is 0. The van der Waals surface area contributed by atoms with E-state index in [-0.39, 0.29) is 6.61 Å². The minimum atomic E-state index is -4.92. The number of benzene rings is 1. The highest BCUT2D eigenvalue weighted by Gasteiger charge is 2.28. The van der Waals surface area contributed by atoms with E-state index in [4.69, 9.17) is 18.9 Å². The Kier molecular flexibility index (Phi) is 4.29. The van der Waals surface area contributed by atoms with Crippen molar-refractivity contribution in [2.45, 2.75) is 9.79 Å². The summed E-state index contributed by atoms with van der Waals surface area (Å²) in [5.74, 6) is -0.485. The third-order valence-electron chi connectivity index (χ3n) is 1.83. The predicted octanol–water partition coefficient (Wildman–Crippen LogP) is -0.449. The lowest BCUT2D eigenvalue weighted by Gasteiger charge is -2.11. The lowest BCUT2D eigenvalue weighted by Crippen LogP contribution is -2.12. The summed E-state index contributed by atoms with van der Waals surface area (Å²) in [6.45, 7) is -0.752. The van der Waals surface area contributed by atoms with Crippen molar-refractivity contribution in [3.63, 3.8) is 0 Å². The Labute approximate surface area is 103 Å². The van der Waals surface area contributed by atoms with E-state index in [1.54, 1.807) is 0 Å². The SMILES string of the molecule is O=S(=O)(O)c1cccc(OCCO)c1S(=O)(=O)O. The molecular formula is C8H10O8S2. The highest BCUT2D eigenvalue weighted by molar-refractivity contribution is 7.89. The van der Waals surface area contributed by atoms with Crippen LogP contribution >= 0.6 is 0 Å². The first-order valence-electron chi connectivity index (χ1n) is 4.49. The van der Waals surface area contributed by atoms with Crippen LogP contribution in [0.3, 0.4) is 0 Å². The highest BCUT2D eigenvalue weighted by atomic mass is 32.2. The first kappa shape index (κ1) is 14.9. The van der Waals surface area contributed by atoms with Crippen molar-refractivity contribution >= 4 is 20.2 Å². The van der Waals surface area contributed by atoms with Crippen LogP contribution in [0.2, 0.25) is 0 Å². The molecule has 8 nitrogen and oxygen atoms in total. The molecule has 0 aliphatic heterocycles. The molecule has 0 fully saturated rings. The molecule has 0 spiro atoms. The molecule has 0 aliphatic carbocycles. The summed E-state index contributed by atoms with van der Waals surface area (Å²) >= 11 is 0. The number of rotatable bonds is 5. The highest BCUT2D eigenvalue weighted by Crippen LogP contribution is 2.30. The van der Waals surface area contributed by atoms with Gasteiger partial charge in [-0.2, -0.15) is 16.8 Å². The molecule has 102 valence electrons. The van der Waals surface area contributed by atoms with Crippen molar-refractivity contribution in [3.05, 3.63) is 18.2 Å². The molecule has 0 radical (unpaired) electrons. The molecule has 1 aromatic rings. The molecule has 1 aromatic carbocycles.